The van der Waals surface area contributed by atoms with Crippen LogP contribution in [0.15, 0.2) is 66.9 Å². The van der Waals surface area contributed by atoms with E-state index in [9.17, 15) is 18.8 Å². The maximum Gasteiger partial charge on any atom is 0.285 e. The molecule has 0 fully saturated rings. The Hall–Kier alpha value is -3.07. The molecule has 1 aromatic heterocycles. The number of alkyl halides is 2. The van der Waals surface area contributed by atoms with Gasteiger partial charge in [0.1, 0.15) is 0 Å². The fourth-order valence-corrected chi connectivity index (χ4v) is 4.02. The fourth-order valence-electron chi connectivity index (χ4n) is 3.72. The molecular formula is C29H33ClF2N3O2P. The summed E-state index contributed by atoms with van der Waals surface area (Å²) in [5.41, 5.74) is -2.24. The third-order valence-corrected chi connectivity index (χ3v) is 6.39. The van der Waals surface area contributed by atoms with Crippen LogP contribution in [-0.4, -0.2) is 22.5 Å². The number of hydrogen-bond acceptors (Lipinski definition) is 4. The summed E-state index contributed by atoms with van der Waals surface area (Å²) in [6.07, 6.45) is 1.62. The number of amides is 1. The predicted molar refractivity (Wildman–Crippen MR) is 151 cm³/mol. The smallest absolute Gasteiger partial charge is 0.285 e. The number of nitrogens with one attached hydrogen (secondary N) is 1. The number of carbonyl (C=O) groups excluding carboxylic acids is 1. The number of benzene rings is 2. The average molecular weight is 560 g/mol. The molecule has 0 saturated carbocycles. The molecule has 1 heterocycles. The van der Waals surface area contributed by atoms with Crippen molar-refractivity contribution in [1.29, 1.82) is 5.26 Å². The van der Waals surface area contributed by atoms with E-state index < -0.39 is 17.2 Å². The third kappa shape index (κ3) is 8.75. The lowest BCUT2D eigenvalue weighted by atomic mass is 9.85. The summed E-state index contributed by atoms with van der Waals surface area (Å²) in [7, 11) is 1.46. The summed E-state index contributed by atoms with van der Waals surface area (Å²) in [5.74, 6) is -0.490. The monoisotopic (exact) mass is 559 g/mol. The van der Waals surface area contributed by atoms with Gasteiger partial charge in [0, 0.05) is 34.8 Å². The zero-order valence-electron chi connectivity index (χ0n) is 22.1. The lowest BCUT2D eigenvalue weighted by Gasteiger charge is -2.30. The minimum Gasteiger partial charge on any atom is -0.462 e. The van der Waals surface area contributed by atoms with Crippen molar-refractivity contribution in [2.45, 2.75) is 64.3 Å². The number of nitrogens with zero attached hydrogens (tertiary/aromatic N) is 2. The quantitative estimate of drug-likeness (QED) is 0.280. The van der Waals surface area contributed by atoms with Gasteiger partial charge in [0.25, 0.3) is 11.6 Å². The van der Waals surface area contributed by atoms with Crippen LogP contribution in [0.4, 0.5) is 8.78 Å². The van der Waals surface area contributed by atoms with E-state index in [0.717, 1.165) is 17.3 Å². The van der Waals surface area contributed by atoms with Gasteiger partial charge in [-0.05, 0) is 68.7 Å². The number of carbonyl (C=O) groups is 1. The summed E-state index contributed by atoms with van der Waals surface area (Å²) < 4.78 is 32.6. The van der Waals surface area contributed by atoms with Crippen LogP contribution in [0.5, 0.6) is 5.88 Å². The van der Waals surface area contributed by atoms with Crippen LogP contribution >= 0.6 is 20.8 Å². The van der Waals surface area contributed by atoms with Crippen molar-refractivity contribution in [2.24, 2.45) is 0 Å². The minimum absolute atomic E-state index is 0.0558. The summed E-state index contributed by atoms with van der Waals surface area (Å²) in [4.78, 5) is 17.1. The van der Waals surface area contributed by atoms with Gasteiger partial charge in [-0.2, -0.15) is 14.0 Å². The number of halogens is 3. The number of nitriles is 1. The molecule has 3 aromatic rings. The second-order valence-electron chi connectivity index (χ2n) is 9.06. The molecule has 2 aromatic carbocycles. The Morgan fingerprint density at radius 2 is 1.82 bits per heavy atom. The van der Waals surface area contributed by atoms with Gasteiger partial charge in [-0.1, -0.05) is 59.0 Å². The Bertz CT molecular complexity index is 1240. The Morgan fingerprint density at radius 3 is 2.37 bits per heavy atom. The Morgan fingerprint density at radius 1 is 1.16 bits per heavy atom. The molecule has 3 atom stereocenters. The van der Waals surface area contributed by atoms with Gasteiger partial charge in [0.2, 0.25) is 5.88 Å². The van der Waals surface area contributed by atoms with Crippen LogP contribution in [0.25, 0.3) is 0 Å². The van der Waals surface area contributed by atoms with E-state index in [4.69, 9.17) is 16.3 Å². The van der Waals surface area contributed by atoms with Crippen LogP contribution in [0.3, 0.4) is 0 Å². The van der Waals surface area contributed by atoms with Gasteiger partial charge < -0.3 is 10.1 Å². The van der Waals surface area contributed by atoms with Gasteiger partial charge in [0.05, 0.1) is 11.6 Å². The molecular weight excluding hydrogens is 527 g/mol. The number of pyridine rings is 1. The standard InChI is InChI=1S/C27H27ClF2N3O2P.C2H6/c1-17(33-25(34)26(2,3)35-24-12-9-21(16-32-24)27(29,30)36)23(14-18-7-10-22(28)11-8-18)20-6-4-5-19(13-20)15-31;1-2/h4-13,16-17,23H,14,36H2,1-3H3,(H,33,34);1-2H3. The molecule has 0 saturated heterocycles. The van der Waals surface area contributed by atoms with Gasteiger partial charge >= 0.3 is 0 Å². The maximum atomic E-state index is 13.4. The molecule has 202 valence electrons. The van der Waals surface area contributed by atoms with Gasteiger partial charge in [-0.15, -0.1) is 0 Å². The highest BCUT2D eigenvalue weighted by molar-refractivity contribution is 7.17. The van der Waals surface area contributed by atoms with Gasteiger partial charge in [-0.25, -0.2) is 4.98 Å². The first-order valence-electron chi connectivity index (χ1n) is 12.3. The summed E-state index contributed by atoms with van der Waals surface area (Å²) in [6, 6.07) is 19.1. The normalized spacial score (nSPS) is 12.8. The zero-order chi connectivity index (χ0) is 28.5. The molecule has 0 aliphatic carbocycles. The first kappa shape index (κ1) is 31.1. The predicted octanol–water partition coefficient (Wildman–Crippen LogP) is 7.25. The van der Waals surface area contributed by atoms with E-state index in [0.29, 0.717) is 17.0 Å². The Kier molecular flexibility index (Phi) is 11.2. The molecule has 1 amide bonds. The zero-order valence-corrected chi connectivity index (χ0v) is 24.0. The summed E-state index contributed by atoms with van der Waals surface area (Å²) in [5, 5.41) is 13.0. The highest BCUT2D eigenvalue weighted by Crippen LogP contribution is 2.35. The van der Waals surface area contributed by atoms with Crippen LogP contribution < -0.4 is 10.1 Å². The topological polar surface area (TPSA) is 75.0 Å². The first-order valence-corrected chi connectivity index (χ1v) is 13.2. The molecule has 9 heteroatoms. The molecule has 3 unspecified atom stereocenters. The number of hydrogen-bond donors (Lipinski definition) is 1. The van der Waals surface area contributed by atoms with Crippen molar-refractivity contribution < 1.29 is 18.3 Å². The molecule has 0 aliphatic rings. The maximum absolute atomic E-state index is 13.4. The fraction of sp³-hybridized carbons (Fsp3) is 0.345. The van der Waals surface area contributed by atoms with Crippen molar-refractivity contribution in [3.8, 4) is 11.9 Å². The van der Waals surface area contributed by atoms with Crippen molar-refractivity contribution in [2.75, 3.05) is 0 Å². The van der Waals surface area contributed by atoms with Gasteiger partial charge in [0.15, 0.2) is 5.60 Å². The van der Waals surface area contributed by atoms with Crippen LogP contribution in [-0.2, 0) is 16.9 Å². The molecule has 1 N–H and O–H groups in total. The molecule has 0 aliphatic heterocycles. The summed E-state index contributed by atoms with van der Waals surface area (Å²) >= 11 is 6.03. The van der Waals surface area contributed by atoms with E-state index in [2.05, 4.69) is 16.4 Å². The van der Waals surface area contributed by atoms with Crippen LogP contribution in [0.1, 0.15) is 62.8 Å². The van der Waals surface area contributed by atoms with Crippen molar-refractivity contribution in [3.05, 3.63) is 94.1 Å². The third-order valence-electron chi connectivity index (χ3n) is 5.80. The summed E-state index contributed by atoms with van der Waals surface area (Å²) in [6.45, 7) is 9.06. The molecule has 5 nitrogen and oxygen atoms in total. The minimum atomic E-state index is -3.10. The van der Waals surface area contributed by atoms with E-state index in [1.54, 1.807) is 19.9 Å². The number of ether oxygens (including phenoxy) is 1. The van der Waals surface area contributed by atoms with E-state index >= 15 is 0 Å². The average Bonchev–Trinajstić information content (AvgIpc) is 2.89. The van der Waals surface area contributed by atoms with E-state index in [1.165, 1.54) is 21.4 Å². The molecule has 38 heavy (non-hydrogen) atoms. The lowest BCUT2D eigenvalue weighted by molar-refractivity contribution is -0.135. The van der Waals surface area contributed by atoms with Crippen LogP contribution in [0.2, 0.25) is 5.02 Å². The molecule has 3 rings (SSSR count). The van der Waals surface area contributed by atoms with E-state index in [1.807, 2.05) is 63.2 Å². The second kappa shape index (κ2) is 13.6. The first-order chi connectivity index (χ1) is 17.9. The van der Waals surface area contributed by atoms with Crippen molar-refractivity contribution >= 4 is 26.7 Å². The Labute approximate surface area is 230 Å². The highest BCUT2D eigenvalue weighted by atomic mass is 35.5. The van der Waals surface area contributed by atoms with Crippen molar-refractivity contribution in [1.82, 2.24) is 10.3 Å². The second-order valence-corrected chi connectivity index (χ2v) is 10.2. The van der Waals surface area contributed by atoms with Crippen molar-refractivity contribution in [3.63, 3.8) is 0 Å². The molecule has 0 bridgehead atoms. The lowest BCUT2D eigenvalue weighted by Crippen LogP contribution is -2.51. The highest BCUT2D eigenvalue weighted by Gasteiger charge is 2.34. The Balaban J connectivity index is 0.00000247. The molecule has 0 spiro atoms. The largest absolute Gasteiger partial charge is 0.462 e. The number of aromatic nitrogens is 1. The van der Waals surface area contributed by atoms with E-state index in [-0.39, 0.29) is 23.4 Å². The SMILES string of the molecule is CC.CC(NC(=O)C(C)(C)Oc1ccc(C(F)(F)P)cn1)C(Cc1ccc(Cl)cc1)c1cccc(C#N)c1. The van der Waals surface area contributed by atoms with Gasteiger partial charge in [-0.3, -0.25) is 4.79 Å². The van der Waals surface area contributed by atoms with Crippen LogP contribution in [0, 0.1) is 11.3 Å². The molecule has 0 radical (unpaired) electrons. The number of rotatable bonds is 9.